The molecule has 0 aliphatic rings. The number of nitrogens with one attached hydrogen (secondary N) is 2. The number of benzene rings is 2. The predicted molar refractivity (Wildman–Crippen MR) is 105 cm³/mol. The molecule has 26 heavy (non-hydrogen) atoms. The molecule has 0 spiro atoms. The van der Waals surface area contributed by atoms with E-state index in [1.54, 1.807) is 48.5 Å². The van der Waals surface area contributed by atoms with Crippen LogP contribution in [0.2, 0.25) is 5.02 Å². The zero-order valence-electron chi connectivity index (χ0n) is 14.9. The lowest BCUT2D eigenvalue weighted by Gasteiger charge is -2.10. The first-order chi connectivity index (χ1) is 12.4. The monoisotopic (exact) mass is 374 g/mol. The second-order valence-corrected chi connectivity index (χ2v) is 6.62. The van der Waals surface area contributed by atoms with E-state index in [0.29, 0.717) is 35.8 Å². The molecule has 0 aromatic heterocycles. The van der Waals surface area contributed by atoms with Gasteiger partial charge in [-0.3, -0.25) is 9.59 Å². The first kappa shape index (κ1) is 19.8. The van der Waals surface area contributed by atoms with Crippen LogP contribution in [0.3, 0.4) is 0 Å². The molecule has 5 nitrogen and oxygen atoms in total. The Bertz CT molecular complexity index is 745. The highest BCUT2D eigenvalue weighted by molar-refractivity contribution is 6.30. The van der Waals surface area contributed by atoms with E-state index in [0.717, 1.165) is 5.75 Å². The smallest absolute Gasteiger partial charge is 0.226 e. The summed E-state index contributed by atoms with van der Waals surface area (Å²) in [6.45, 7) is 4.10. The Morgan fingerprint density at radius 2 is 1.69 bits per heavy atom. The number of ether oxygens (including phenoxy) is 1. The molecule has 2 amide bonds. The first-order valence-electron chi connectivity index (χ1n) is 8.53. The molecule has 0 radical (unpaired) electrons. The van der Waals surface area contributed by atoms with Crippen molar-refractivity contribution in [3.63, 3.8) is 0 Å². The number of rotatable bonds is 8. The van der Waals surface area contributed by atoms with Crippen molar-refractivity contribution in [1.82, 2.24) is 0 Å². The number of hydrogen-bond donors (Lipinski definition) is 2. The van der Waals surface area contributed by atoms with E-state index < -0.39 is 0 Å². The summed E-state index contributed by atoms with van der Waals surface area (Å²) in [5.41, 5.74) is 1.31. The summed E-state index contributed by atoms with van der Waals surface area (Å²) in [5, 5.41) is 6.29. The van der Waals surface area contributed by atoms with Gasteiger partial charge in [0.15, 0.2) is 0 Å². The van der Waals surface area contributed by atoms with Crippen LogP contribution in [0.1, 0.15) is 26.7 Å². The van der Waals surface area contributed by atoms with Gasteiger partial charge in [-0.1, -0.05) is 31.5 Å². The van der Waals surface area contributed by atoms with Gasteiger partial charge in [0.1, 0.15) is 5.75 Å². The zero-order valence-corrected chi connectivity index (χ0v) is 15.7. The van der Waals surface area contributed by atoms with Crippen LogP contribution in [0.4, 0.5) is 11.4 Å². The van der Waals surface area contributed by atoms with Gasteiger partial charge >= 0.3 is 0 Å². The van der Waals surface area contributed by atoms with Crippen LogP contribution in [0.15, 0.2) is 48.5 Å². The van der Waals surface area contributed by atoms with Crippen LogP contribution in [0.5, 0.6) is 5.75 Å². The predicted octanol–water partition coefficient (Wildman–Crippen LogP) is 4.73. The summed E-state index contributed by atoms with van der Waals surface area (Å²) in [5.74, 6) is 0.460. The molecule has 0 atom stereocenters. The van der Waals surface area contributed by atoms with Gasteiger partial charge in [0.25, 0.3) is 0 Å². The Morgan fingerprint density at radius 3 is 2.35 bits per heavy atom. The second kappa shape index (κ2) is 9.82. The fourth-order valence-electron chi connectivity index (χ4n) is 2.14. The quantitative estimate of drug-likeness (QED) is 0.656. The third-order valence-corrected chi connectivity index (χ3v) is 3.82. The van der Waals surface area contributed by atoms with Crippen LogP contribution in [-0.4, -0.2) is 18.4 Å². The third kappa shape index (κ3) is 6.76. The maximum absolute atomic E-state index is 12.0. The molecule has 2 N–H and O–H groups in total. The van der Waals surface area contributed by atoms with Crippen molar-refractivity contribution in [1.29, 1.82) is 0 Å². The number of halogens is 1. The average molecular weight is 375 g/mol. The molecule has 0 unspecified atom stereocenters. The molecular formula is C20H23ClN2O3. The standard InChI is InChI=1S/C20H23ClN2O3/c1-14(2)20(25)23-17-6-3-5-16(13-17)22-19(24)7-4-12-26-18-10-8-15(21)9-11-18/h3,5-6,8-11,13-14H,4,7,12H2,1-2H3,(H,22,24)(H,23,25). The minimum Gasteiger partial charge on any atom is -0.494 e. The van der Waals surface area contributed by atoms with Crippen molar-refractivity contribution in [2.45, 2.75) is 26.7 Å². The lowest BCUT2D eigenvalue weighted by molar-refractivity contribution is -0.119. The molecule has 138 valence electrons. The Labute approximate surface area is 158 Å². The summed E-state index contributed by atoms with van der Waals surface area (Å²) in [7, 11) is 0. The number of carbonyl (C=O) groups excluding carboxylic acids is 2. The molecule has 0 fully saturated rings. The van der Waals surface area contributed by atoms with E-state index in [1.807, 2.05) is 13.8 Å². The Morgan fingerprint density at radius 1 is 1.04 bits per heavy atom. The summed E-state index contributed by atoms with van der Waals surface area (Å²) in [6, 6.07) is 14.2. The minimum absolute atomic E-state index is 0.0622. The van der Waals surface area contributed by atoms with Crippen molar-refractivity contribution >= 4 is 34.8 Å². The molecule has 0 heterocycles. The molecule has 2 aromatic rings. The maximum Gasteiger partial charge on any atom is 0.226 e. The molecule has 0 aliphatic carbocycles. The molecule has 0 saturated carbocycles. The largest absolute Gasteiger partial charge is 0.494 e. The van der Waals surface area contributed by atoms with Crippen LogP contribution >= 0.6 is 11.6 Å². The van der Waals surface area contributed by atoms with E-state index in [-0.39, 0.29) is 17.7 Å². The van der Waals surface area contributed by atoms with E-state index in [9.17, 15) is 9.59 Å². The lowest BCUT2D eigenvalue weighted by atomic mass is 10.2. The van der Waals surface area contributed by atoms with E-state index in [2.05, 4.69) is 10.6 Å². The number of hydrogen-bond acceptors (Lipinski definition) is 3. The Hall–Kier alpha value is -2.53. The van der Waals surface area contributed by atoms with Crippen molar-refractivity contribution in [3.05, 3.63) is 53.6 Å². The highest BCUT2D eigenvalue weighted by Crippen LogP contribution is 2.17. The minimum atomic E-state index is -0.103. The molecule has 0 bridgehead atoms. The number of amides is 2. The number of carbonyl (C=O) groups is 2. The third-order valence-electron chi connectivity index (χ3n) is 3.57. The maximum atomic E-state index is 12.0. The van der Waals surface area contributed by atoms with Crippen molar-refractivity contribution in [3.8, 4) is 5.75 Å². The van der Waals surface area contributed by atoms with Gasteiger partial charge in [-0.25, -0.2) is 0 Å². The summed E-state index contributed by atoms with van der Waals surface area (Å²) >= 11 is 5.81. The van der Waals surface area contributed by atoms with Crippen LogP contribution in [0, 0.1) is 5.92 Å². The molecule has 2 rings (SSSR count). The molecule has 2 aromatic carbocycles. The fourth-order valence-corrected chi connectivity index (χ4v) is 2.26. The summed E-state index contributed by atoms with van der Waals surface area (Å²) in [6.07, 6.45) is 0.939. The van der Waals surface area contributed by atoms with Crippen LogP contribution < -0.4 is 15.4 Å². The molecule has 0 aliphatic heterocycles. The topological polar surface area (TPSA) is 67.4 Å². The normalized spacial score (nSPS) is 10.5. The molecule has 0 saturated heterocycles. The Balaban J connectivity index is 1.75. The lowest BCUT2D eigenvalue weighted by Crippen LogP contribution is -2.18. The van der Waals surface area contributed by atoms with Gasteiger partial charge in [0.2, 0.25) is 11.8 Å². The SMILES string of the molecule is CC(C)C(=O)Nc1cccc(NC(=O)CCCOc2ccc(Cl)cc2)c1. The second-order valence-electron chi connectivity index (χ2n) is 6.18. The highest BCUT2D eigenvalue weighted by Gasteiger charge is 2.08. The van der Waals surface area contributed by atoms with Crippen molar-refractivity contribution in [2.75, 3.05) is 17.2 Å². The van der Waals surface area contributed by atoms with Gasteiger partial charge in [-0.15, -0.1) is 0 Å². The fraction of sp³-hybridized carbons (Fsp3) is 0.300. The van der Waals surface area contributed by atoms with E-state index >= 15 is 0 Å². The van der Waals surface area contributed by atoms with Crippen LogP contribution in [0.25, 0.3) is 0 Å². The van der Waals surface area contributed by atoms with Crippen LogP contribution in [-0.2, 0) is 9.59 Å². The van der Waals surface area contributed by atoms with Crippen molar-refractivity contribution in [2.24, 2.45) is 5.92 Å². The first-order valence-corrected chi connectivity index (χ1v) is 8.91. The highest BCUT2D eigenvalue weighted by atomic mass is 35.5. The van der Waals surface area contributed by atoms with Gasteiger partial charge in [-0.2, -0.15) is 0 Å². The van der Waals surface area contributed by atoms with Crippen molar-refractivity contribution < 1.29 is 14.3 Å². The Kier molecular flexibility index (Phi) is 7.48. The van der Waals surface area contributed by atoms with Gasteiger partial charge < -0.3 is 15.4 Å². The van der Waals surface area contributed by atoms with E-state index in [1.165, 1.54) is 0 Å². The molecule has 6 heteroatoms. The average Bonchev–Trinajstić information content (AvgIpc) is 2.60. The summed E-state index contributed by atoms with van der Waals surface area (Å²) in [4.78, 5) is 23.8. The van der Waals surface area contributed by atoms with Gasteiger partial charge in [0, 0.05) is 28.7 Å². The van der Waals surface area contributed by atoms with Gasteiger partial charge in [0.05, 0.1) is 6.61 Å². The van der Waals surface area contributed by atoms with Gasteiger partial charge in [-0.05, 0) is 48.9 Å². The summed E-state index contributed by atoms with van der Waals surface area (Å²) < 4.78 is 5.56. The molecular weight excluding hydrogens is 352 g/mol. The zero-order chi connectivity index (χ0) is 18.9. The number of anilines is 2. The van der Waals surface area contributed by atoms with E-state index in [4.69, 9.17) is 16.3 Å².